The van der Waals surface area contributed by atoms with Gasteiger partial charge in [0.1, 0.15) is 5.82 Å². The third-order valence-corrected chi connectivity index (χ3v) is 3.05. The number of hydrogen-bond acceptors (Lipinski definition) is 1. The molecule has 0 fully saturated rings. The normalized spacial score (nSPS) is 10.6. The van der Waals surface area contributed by atoms with Crippen molar-refractivity contribution in [3.63, 3.8) is 0 Å². The molecule has 0 spiro atoms. The van der Waals surface area contributed by atoms with Gasteiger partial charge in [-0.15, -0.1) is 0 Å². The van der Waals surface area contributed by atoms with Gasteiger partial charge in [-0.25, -0.2) is 4.39 Å². The largest absolute Gasteiger partial charge is 0.312 e. The summed E-state index contributed by atoms with van der Waals surface area (Å²) in [5, 5.41) is 3.40. The molecule has 2 rings (SSSR count). The molecule has 0 atom stereocenters. The van der Waals surface area contributed by atoms with Crippen molar-refractivity contribution < 1.29 is 4.39 Å². The molecule has 0 aromatic heterocycles. The monoisotopic (exact) mass is 243 g/mol. The first-order chi connectivity index (χ1) is 8.75. The van der Waals surface area contributed by atoms with Gasteiger partial charge in [0.15, 0.2) is 0 Å². The van der Waals surface area contributed by atoms with Gasteiger partial charge in [0.25, 0.3) is 0 Å². The molecule has 0 amide bonds. The van der Waals surface area contributed by atoms with Gasteiger partial charge in [0, 0.05) is 6.54 Å². The topological polar surface area (TPSA) is 12.0 Å². The zero-order valence-corrected chi connectivity index (χ0v) is 10.6. The maximum atomic E-state index is 12.9. The Hall–Kier alpha value is -1.67. The molecule has 0 aliphatic carbocycles. The molecule has 0 radical (unpaired) electrons. The summed E-state index contributed by atoms with van der Waals surface area (Å²) < 4.78 is 12.9. The summed E-state index contributed by atoms with van der Waals surface area (Å²) in [6, 6.07) is 15.3. The Morgan fingerprint density at radius 1 is 1.06 bits per heavy atom. The van der Waals surface area contributed by atoms with Crippen molar-refractivity contribution in [1.82, 2.24) is 5.32 Å². The van der Waals surface area contributed by atoms with Gasteiger partial charge in [-0.3, -0.25) is 0 Å². The number of nitrogens with one attached hydrogen (secondary N) is 1. The van der Waals surface area contributed by atoms with Crippen LogP contribution in [0.15, 0.2) is 48.5 Å². The lowest BCUT2D eigenvalue weighted by Crippen LogP contribution is -2.17. The van der Waals surface area contributed by atoms with Gasteiger partial charge in [-0.05, 0) is 48.7 Å². The molecule has 0 saturated heterocycles. The van der Waals surface area contributed by atoms with Gasteiger partial charge >= 0.3 is 0 Å². The lowest BCUT2D eigenvalue weighted by molar-refractivity contribution is 0.624. The summed E-state index contributed by atoms with van der Waals surface area (Å²) in [5.74, 6) is -0.159. The average Bonchev–Trinajstić information content (AvgIpc) is 2.38. The molecule has 2 aromatic rings. The van der Waals surface area contributed by atoms with Crippen molar-refractivity contribution in [3.05, 3.63) is 71.0 Å². The molecule has 1 nitrogen and oxygen atoms in total. The maximum absolute atomic E-state index is 12.9. The minimum absolute atomic E-state index is 0.159. The van der Waals surface area contributed by atoms with Crippen LogP contribution in [0, 0.1) is 12.7 Å². The Balaban J connectivity index is 1.79. The fourth-order valence-corrected chi connectivity index (χ4v) is 1.99. The first kappa shape index (κ1) is 12.8. The van der Waals surface area contributed by atoms with Gasteiger partial charge in [0.2, 0.25) is 0 Å². The highest BCUT2D eigenvalue weighted by Crippen LogP contribution is 2.10. The molecular weight excluding hydrogens is 225 g/mol. The smallest absolute Gasteiger partial charge is 0.123 e. The maximum Gasteiger partial charge on any atom is 0.123 e. The van der Waals surface area contributed by atoms with Gasteiger partial charge < -0.3 is 5.32 Å². The lowest BCUT2D eigenvalue weighted by atomic mass is 10.1. The van der Waals surface area contributed by atoms with E-state index in [1.807, 2.05) is 31.2 Å². The van der Waals surface area contributed by atoms with E-state index in [9.17, 15) is 4.39 Å². The SMILES string of the molecule is Cc1cc(F)ccc1CCNCc1ccccc1. The fraction of sp³-hybridized carbons (Fsp3) is 0.250. The first-order valence-electron chi connectivity index (χ1n) is 6.25. The summed E-state index contributed by atoms with van der Waals surface area (Å²) in [4.78, 5) is 0. The molecule has 0 aliphatic heterocycles. The summed E-state index contributed by atoms with van der Waals surface area (Å²) in [5.41, 5.74) is 3.52. The van der Waals surface area contributed by atoms with Crippen LogP contribution in [0.3, 0.4) is 0 Å². The predicted molar refractivity (Wildman–Crippen MR) is 73.0 cm³/mol. The Morgan fingerprint density at radius 3 is 2.56 bits per heavy atom. The molecule has 0 saturated carbocycles. The molecule has 1 N–H and O–H groups in total. The highest BCUT2D eigenvalue weighted by molar-refractivity contribution is 5.26. The Kier molecular flexibility index (Phi) is 4.48. The van der Waals surface area contributed by atoms with Crippen LogP contribution in [-0.2, 0) is 13.0 Å². The van der Waals surface area contributed by atoms with E-state index >= 15 is 0 Å². The van der Waals surface area contributed by atoms with E-state index in [1.54, 1.807) is 6.07 Å². The van der Waals surface area contributed by atoms with Gasteiger partial charge in [0.05, 0.1) is 0 Å². The number of benzene rings is 2. The number of rotatable bonds is 5. The van der Waals surface area contributed by atoms with Gasteiger partial charge in [-0.1, -0.05) is 36.4 Å². The first-order valence-corrected chi connectivity index (χ1v) is 6.25. The molecule has 0 heterocycles. The number of halogens is 1. The quantitative estimate of drug-likeness (QED) is 0.793. The van der Waals surface area contributed by atoms with E-state index in [2.05, 4.69) is 17.4 Å². The molecule has 0 unspecified atom stereocenters. The van der Waals surface area contributed by atoms with Crippen LogP contribution < -0.4 is 5.32 Å². The molecule has 0 bridgehead atoms. The highest BCUT2D eigenvalue weighted by atomic mass is 19.1. The van der Waals surface area contributed by atoms with Crippen molar-refractivity contribution in [3.8, 4) is 0 Å². The summed E-state index contributed by atoms with van der Waals surface area (Å²) in [6.45, 7) is 3.73. The molecule has 18 heavy (non-hydrogen) atoms. The zero-order chi connectivity index (χ0) is 12.8. The molecular formula is C16H18FN. The summed E-state index contributed by atoms with van der Waals surface area (Å²) in [6.07, 6.45) is 0.930. The van der Waals surface area contributed by atoms with Crippen LogP contribution in [0.1, 0.15) is 16.7 Å². The minimum atomic E-state index is -0.159. The predicted octanol–water partition coefficient (Wildman–Crippen LogP) is 3.47. The molecule has 2 heteroatoms. The van der Waals surface area contributed by atoms with E-state index < -0.39 is 0 Å². The summed E-state index contributed by atoms with van der Waals surface area (Å²) >= 11 is 0. The summed E-state index contributed by atoms with van der Waals surface area (Å²) in [7, 11) is 0. The van der Waals surface area contributed by atoms with E-state index in [-0.39, 0.29) is 5.82 Å². The van der Waals surface area contributed by atoms with Crippen LogP contribution >= 0.6 is 0 Å². The Labute approximate surface area is 108 Å². The highest BCUT2D eigenvalue weighted by Gasteiger charge is 1.99. The standard InChI is InChI=1S/C16H18FN/c1-13-11-16(17)8-7-15(13)9-10-18-12-14-5-3-2-4-6-14/h2-8,11,18H,9-10,12H2,1H3. The van der Waals surface area contributed by atoms with Crippen molar-refractivity contribution >= 4 is 0 Å². The Morgan fingerprint density at radius 2 is 1.83 bits per heavy atom. The van der Waals surface area contributed by atoms with Crippen molar-refractivity contribution in [1.29, 1.82) is 0 Å². The second-order valence-electron chi connectivity index (χ2n) is 4.48. The zero-order valence-electron chi connectivity index (χ0n) is 10.6. The average molecular weight is 243 g/mol. The lowest BCUT2D eigenvalue weighted by Gasteiger charge is -2.07. The van der Waals surface area contributed by atoms with Crippen LogP contribution in [0.25, 0.3) is 0 Å². The van der Waals surface area contributed by atoms with Crippen LogP contribution in [0.4, 0.5) is 4.39 Å². The van der Waals surface area contributed by atoms with Crippen LogP contribution in [0.2, 0.25) is 0 Å². The fourth-order valence-electron chi connectivity index (χ4n) is 1.99. The van der Waals surface area contributed by atoms with Crippen LogP contribution in [-0.4, -0.2) is 6.54 Å². The van der Waals surface area contributed by atoms with E-state index in [0.717, 1.165) is 25.1 Å². The second kappa shape index (κ2) is 6.31. The number of hydrogen-bond donors (Lipinski definition) is 1. The van der Waals surface area contributed by atoms with E-state index in [1.165, 1.54) is 17.2 Å². The second-order valence-corrected chi connectivity index (χ2v) is 4.48. The Bertz CT molecular complexity index is 494. The van der Waals surface area contributed by atoms with Crippen molar-refractivity contribution in [2.45, 2.75) is 19.9 Å². The van der Waals surface area contributed by atoms with Crippen molar-refractivity contribution in [2.24, 2.45) is 0 Å². The molecule has 0 aliphatic rings. The molecule has 2 aromatic carbocycles. The third kappa shape index (κ3) is 3.67. The third-order valence-electron chi connectivity index (χ3n) is 3.05. The minimum Gasteiger partial charge on any atom is -0.312 e. The van der Waals surface area contributed by atoms with Gasteiger partial charge in [-0.2, -0.15) is 0 Å². The number of aryl methyl sites for hydroxylation is 1. The van der Waals surface area contributed by atoms with Crippen LogP contribution in [0.5, 0.6) is 0 Å². The van der Waals surface area contributed by atoms with Crippen molar-refractivity contribution in [2.75, 3.05) is 6.54 Å². The van der Waals surface area contributed by atoms with E-state index in [4.69, 9.17) is 0 Å². The molecule has 94 valence electrons. The van der Waals surface area contributed by atoms with E-state index in [0.29, 0.717) is 0 Å².